The molecule has 1 aliphatic carbocycles. The summed E-state index contributed by atoms with van der Waals surface area (Å²) in [7, 11) is 0. The van der Waals surface area contributed by atoms with Gasteiger partial charge in [-0.1, -0.05) is 13.3 Å². The molecule has 1 saturated carbocycles. The summed E-state index contributed by atoms with van der Waals surface area (Å²) in [6, 6.07) is 0.613. The smallest absolute Gasteiger partial charge is 0.137 e. The maximum absolute atomic E-state index is 12.1. The summed E-state index contributed by atoms with van der Waals surface area (Å²) in [5.74, 6) is 1.55. The monoisotopic (exact) mass is 267 g/mol. The first-order chi connectivity index (χ1) is 9.24. The molecule has 3 heteroatoms. The fourth-order valence-electron chi connectivity index (χ4n) is 3.82. The van der Waals surface area contributed by atoms with Crippen molar-refractivity contribution < 1.29 is 9.90 Å². The van der Waals surface area contributed by atoms with Crippen molar-refractivity contribution in [2.45, 2.75) is 64.3 Å². The Morgan fingerprint density at radius 2 is 2.21 bits per heavy atom. The van der Waals surface area contributed by atoms with Crippen molar-refractivity contribution in [2.75, 3.05) is 19.7 Å². The van der Waals surface area contributed by atoms with Gasteiger partial charge in [-0.15, -0.1) is 0 Å². The lowest BCUT2D eigenvalue weighted by atomic mass is 9.79. The number of hydrogen-bond donors (Lipinski definition) is 1. The van der Waals surface area contributed by atoms with Gasteiger partial charge in [0.2, 0.25) is 0 Å². The number of ketones is 1. The van der Waals surface area contributed by atoms with Crippen LogP contribution in [0, 0.1) is 11.8 Å². The summed E-state index contributed by atoms with van der Waals surface area (Å²) in [6.45, 7) is 4.67. The van der Waals surface area contributed by atoms with Crippen LogP contribution in [0.15, 0.2) is 0 Å². The number of aliphatic hydroxyl groups excluding tert-OH is 1. The van der Waals surface area contributed by atoms with Crippen LogP contribution in [0.5, 0.6) is 0 Å². The molecule has 0 aromatic rings. The van der Waals surface area contributed by atoms with Crippen LogP contribution >= 0.6 is 0 Å². The van der Waals surface area contributed by atoms with Crippen molar-refractivity contribution in [3.8, 4) is 0 Å². The van der Waals surface area contributed by atoms with Crippen LogP contribution < -0.4 is 0 Å². The summed E-state index contributed by atoms with van der Waals surface area (Å²) in [5, 5.41) is 8.97. The van der Waals surface area contributed by atoms with Crippen LogP contribution in [0.3, 0.4) is 0 Å². The third kappa shape index (κ3) is 4.03. The second kappa shape index (κ2) is 7.39. The van der Waals surface area contributed by atoms with Gasteiger partial charge < -0.3 is 5.11 Å². The molecular formula is C16H29NO2. The molecule has 3 nitrogen and oxygen atoms in total. The van der Waals surface area contributed by atoms with E-state index < -0.39 is 0 Å². The Bertz CT molecular complexity index is 292. The maximum Gasteiger partial charge on any atom is 0.137 e. The number of carbonyl (C=O) groups is 1. The van der Waals surface area contributed by atoms with Crippen LogP contribution in [0.25, 0.3) is 0 Å². The summed E-state index contributed by atoms with van der Waals surface area (Å²) in [6.07, 6.45) is 8.74. The Morgan fingerprint density at radius 3 is 2.95 bits per heavy atom. The molecule has 19 heavy (non-hydrogen) atoms. The number of Topliss-reactive ketones (excluding diaryl/α,β-unsaturated/α-hetero) is 1. The van der Waals surface area contributed by atoms with E-state index in [1.807, 2.05) is 0 Å². The molecule has 2 rings (SSSR count). The molecule has 2 fully saturated rings. The SMILES string of the molecule is CCC1CCC(=O)C(CN2CCCC2CCCO)C1. The minimum Gasteiger partial charge on any atom is -0.396 e. The fraction of sp³-hybridized carbons (Fsp3) is 0.938. The molecule has 0 aromatic carbocycles. The second-order valence-corrected chi connectivity index (χ2v) is 6.37. The predicted molar refractivity (Wildman–Crippen MR) is 77.0 cm³/mol. The van der Waals surface area contributed by atoms with Gasteiger partial charge in [-0.3, -0.25) is 9.69 Å². The minimum absolute atomic E-state index is 0.286. The number of nitrogens with zero attached hydrogens (tertiary/aromatic N) is 1. The number of likely N-dealkylation sites (tertiary alicyclic amines) is 1. The lowest BCUT2D eigenvalue weighted by molar-refractivity contribution is -0.126. The maximum atomic E-state index is 12.1. The normalized spacial score (nSPS) is 32.9. The third-order valence-corrected chi connectivity index (χ3v) is 5.10. The van der Waals surface area contributed by atoms with E-state index in [1.54, 1.807) is 0 Å². The van der Waals surface area contributed by atoms with Crippen LogP contribution in [0.1, 0.15) is 58.3 Å². The van der Waals surface area contributed by atoms with Gasteiger partial charge in [0.1, 0.15) is 5.78 Å². The number of carbonyl (C=O) groups excluding carboxylic acids is 1. The zero-order chi connectivity index (χ0) is 13.7. The Morgan fingerprint density at radius 1 is 1.37 bits per heavy atom. The summed E-state index contributed by atoms with van der Waals surface area (Å²) >= 11 is 0. The van der Waals surface area contributed by atoms with Gasteiger partial charge in [-0.25, -0.2) is 0 Å². The first kappa shape index (κ1) is 15.0. The van der Waals surface area contributed by atoms with Gasteiger partial charge in [-0.05, 0) is 51.0 Å². The standard InChI is InChI=1S/C16H29NO2/c1-2-13-7-8-16(19)14(11-13)12-17-9-3-5-15(17)6-4-10-18/h13-15,18H,2-12H2,1H3. The first-order valence-corrected chi connectivity index (χ1v) is 8.12. The molecule has 2 aliphatic rings. The van der Waals surface area contributed by atoms with Crippen molar-refractivity contribution in [3.05, 3.63) is 0 Å². The molecule has 1 heterocycles. The van der Waals surface area contributed by atoms with E-state index in [2.05, 4.69) is 11.8 Å². The van der Waals surface area contributed by atoms with Crippen LogP contribution in [-0.4, -0.2) is 41.5 Å². The highest BCUT2D eigenvalue weighted by molar-refractivity contribution is 5.82. The molecule has 0 bridgehead atoms. The molecule has 1 N–H and O–H groups in total. The Balaban J connectivity index is 1.85. The average molecular weight is 267 g/mol. The predicted octanol–water partition coefficient (Wildman–Crippen LogP) is 2.62. The largest absolute Gasteiger partial charge is 0.396 e. The van der Waals surface area contributed by atoms with Gasteiger partial charge >= 0.3 is 0 Å². The molecule has 3 atom stereocenters. The van der Waals surface area contributed by atoms with Gasteiger partial charge in [0.15, 0.2) is 0 Å². The lowest BCUT2D eigenvalue weighted by Crippen LogP contribution is -2.39. The second-order valence-electron chi connectivity index (χ2n) is 6.37. The zero-order valence-corrected chi connectivity index (χ0v) is 12.3. The van der Waals surface area contributed by atoms with Gasteiger partial charge in [0.05, 0.1) is 0 Å². The van der Waals surface area contributed by atoms with Crippen molar-refractivity contribution in [2.24, 2.45) is 11.8 Å². The van der Waals surface area contributed by atoms with Crippen molar-refractivity contribution in [3.63, 3.8) is 0 Å². The summed E-state index contributed by atoms with van der Waals surface area (Å²) in [5.41, 5.74) is 0. The first-order valence-electron chi connectivity index (χ1n) is 8.12. The van der Waals surface area contributed by atoms with Crippen LogP contribution in [0.4, 0.5) is 0 Å². The Kier molecular flexibility index (Phi) is 5.83. The van der Waals surface area contributed by atoms with Gasteiger partial charge in [0.25, 0.3) is 0 Å². The van der Waals surface area contributed by atoms with E-state index in [1.165, 1.54) is 19.3 Å². The quantitative estimate of drug-likeness (QED) is 0.804. The number of hydrogen-bond acceptors (Lipinski definition) is 3. The fourth-order valence-corrected chi connectivity index (χ4v) is 3.82. The molecule has 0 amide bonds. The average Bonchev–Trinajstić information content (AvgIpc) is 2.86. The van der Waals surface area contributed by atoms with E-state index in [0.717, 1.165) is 51.1 Å². The van der Waals surface area contributed by atoms with Crippen molar-refractivity contribution in [1.82, 2.24) is 4.90 Å². The number of aliphatic hydroxyl groups is 1. The van der Waals surface area contributed by atoms with E-state index in [-0.39, 0.29) is 5.92 Å². The molecule has 1 aliphatic heterocycles. The lowest BCUT2D eigenvalue weighted by Gasteiger charge is -2.33. The highest BCUT2D eigenvalue weighted by atomic mass is 16.2. The molecule has 110 valence electrons. The molecule has 0 aromatic heterocycles. The topological polar surface area (TPSA) is 40.5 Å². The molecule has 1 saturated heterocycles. The van der Waals surface area contributed by atoms with Crippen molar-refractivity contribution >= 4 is 5.78 Å². The molecular weight excluding hydrogens is 238 g/mol. The molecule has 3 unspecified atom stereocenters. The highest BCUT2D eigenvalue weighted by Crippen LogP contribution is 2.31. The molecule has 0 radical (unpaired) electrons. The zero-order valence-electron chi connectivity index (χ0n) is 12.3. The van der Waals surface area contributed by atoms with Gasteiger partial charge in [0, 0.05) is 31.5 Å². The summed E-state index contributed by atoms with van der Waals surface area (Å²) < 4.78 is 0. The van der Waals surface area contributed by atoms with Crippen LogP contribution in [-0.2, 0) is 4.79 Å². The summed E-state index contributed by atoms with van der Waals surface area (Å²) in [4.78, 5) is 14.6. The number of rotatable bonds is 6. The van der Waals surface area contributed by atoms with Crippen LogP contribution in [0.2, 0.25) is 0 Å². The van der Waals surface area contributed by atoms with E-state index in [0.29, 0.717) is 18.4 Å². The van der Waals surface area contributed by atoms with E-state index in [4.69, 9.17) is 5.11 Å². The highest BCUT2D eigenvalue weighted by Gasteiger charge is 2.32. The molecule has 0 spiro atoms. The van der Waals surface area contributed by atoms with E-state index in [9.17, 15) is 4.79 Å². The third-order valence-electron chi connectivity index (χ3n) is 5.10. The van der Waals surface area contributed by atoms with E-state index >= 15 is 0 Å². The Hall–Kier alpha value is -0.410. The minimum atomic E-state index is 0.286. The van der Waals surface area contributed by atoms with Crippen molar-refractivity contribution in [1.29, 1.82) is 0 Å². The Labute approximate surface area is 117 Å². The van der Waals surface area contributed by atoms with Gasteiger partial charge in [-0.2, -0.15) is 0 Å².